The summed E-state index contributed by atoms with van der Waals surface area (Å²) in [5.41, 5.74) is -0.461. The first-order chi connectivity index (χ1) is 10.3. The normalized spacial score (nSPS) is 20.2. The number of hydrogen-bond donors (Lipinski definition) is 0. The summed E-state index contributed by atoms with van der Waals surface area (Å²) < 4.78 is 10.7. The van der Waals surface area contributed by atoms with Crippen molar-refractivity contribution in [3.63, 3.8) is 0 Å². The first kappa shape index (κ1) is 16.7. The highest BCUT2D eigenvalue weighted by Gasteiger charge is 2.30. The Hall–Kier alpha value is -1.63. The van der Waals surface area contributed by atoms with Crippen LogP contribution in [0.2, 0.25) is 0 Å². The molecule has 0 aromatic carbocycles. The number of rotatable bonds is 3. The zero-order valence-electron chi connectivity index (χ0n) is 14.1. The number of carbonyl (C=O) groups is 1. The quantitative estimate of drug-likeness (QED) is 0.851. The smallest absolute Gasteiger partial charge is 0.410 e. The van der Waals surface area contributed by atoms with Crippen LogP contribution < -0.4 is 0 Å². The highest BCUT2D eigenvalue weighted by Crippen LogP contribution is 2.16. The van der Waals surface area contributed by atoms with Crippen LogP contribution in [-0.2, 0) is 17.7 Å². The molecule has 0 bridgehead atoms. The molecule has 1 aromatic rings. The van der Waals surface area contributed by atoms with Crippen LogP contribution in [0.25, 0.3) is 0 Å². The van der Waals surface area contributed by atoms with Gasteiger partial charge in [0.25, 0.3) is 0 Å². The molecule has 0 unspecified atom stereocenters. The molecule has 1 fully saturated rings. The van der Waals surface area contributed by atoms with E-state index in [4.69, 9.17) is 9.26 Å². The van der Waals surface area contributed by atoms with Gasteiger partial charge in [-0.05, 0) is 27.7 Å². The lowest BCUT2D eigenvalue weighted by molar-refractivity contribution is 0.00327. The number of carbonyl (C=O) groups excluding carboxylic acids is 1. The molecule has 7 nitrogen and oxygen atoms in total. The molecule has 1 amide bonds. The van der Waals surface area contributed by atoms with Crippen molar-refractivity contribution in [1.29, 1.82) is 0 Å². The van der Waals surface area contributed by atoms with Crippen molar-refractivity contribution < 1.29 is 14.1 Å². The van der Waals surface area contributed by atoms with Gasteiger partial charge in [0.2, 0.25) is 5.89 Å². The maximum Gasteiger partial charge on any atom is 0.410 e. The van der Waals surface area contributed by atoms with Crippen molar-refractivity contribution in [2.75, 3.05) is 19.6 Å². The van der Waals surface area contributed by atoms with Gasteiger partial charge in [-0.25, -0.2) is 4.79 Å². The fraction of sp³-hybridized carbons (Fsp3) is 0.800. The van der Waals surface area contributed by atoms with Gasteiger partial charge in [0.15, 0.2) is 5.82 Å². The summed E-state index contributed by atoms with van der Waals surface area (Å²) in [6, 6.07) is 0.221. The molecule has 1 saturated heterocycles. The van der Waals surface area contributed by atoms with Gasteiger partial charge in [-0.3, -0.25) is 4.90 Å². The van der Waals surface area contributed by atoms with Crippen LogP contribution >= 0.6 is 0 Å². The van der Waals surface area contributed by atoms with Crippen molar-refractivity contribution in [2.24, 2.45) is 0 Å². The zero-order chi connectivity index (χ0) is 16.3. The Labute approximate surface area is 131 Å². The van der Waals surface area contributed by atoms with Gasteiger partial charge in [0.05, 0.1) is 6.54 Å². The maximum absolute atomic E-state index is 12.1. The van der Waals surface area contributed by atoms with Gasteiger partial charge in [-0.15, -0.1) is 0 Å². The lowest BCUT2D eigenvalue weighted by atomic mass is 10.2. The first-order valence-corrected chi connectivity index (χ1v) is 7.82. The zero-order valence-corrected chi connectivity index (χ0v) is 14.1. The second-order valence-corrected chi connectivity index (χ2v) is 6.70. The topological polar surface area (TPSA) is 71.7 Å². The van der Waals surface area contributed by atoms with Crippen LogP contribution in [0.3, 0.4) is 0 Å². The third-order valence-electron chi connectivity index (χ3n) is 3.58. The lowest BCUT2D eigenvalue weighted by Crippen LogP contribution is -2.54. The standard InChI is InChI=1S/C15H26N4O3/c1-6-12-16-13(22-17-12)10-18-7-8-19(9-11(18)2)14(20)21-15(3,4)5/h11H,6-10H2,1-5H3/t11-/m0/s1. The van der Waals surface area contributed by atoms with Gasteiger partial charge >= 0.3 is 6.09 Å². The van der Waals surface area contributed by atoms with Crippen LogP contribution in [0.4, 0.5) is 4.79 Å². The van der Waals surface area contributed by atoms with E-state index in [9.17, 15) is 4.79 Å². The Kier molecular flexibility index (Phi) is 5.05. The average molecular weight is 310 g/mol. The van der Waals surface area contributed by atoms with E-state index in [1.807, 2.05) is 27.7 Å². The van der Waals surface area contributed by atoms with E-state index in [0.29, 0.717) is 25.5 Å². The summed E-state index contributed by atoms with van der Waals surface area (Å²) in [4.78, 5) is 20.5. The predicted molar refractivity (Wildman–Crippen MR) is 81.4 cm³/mol. The molecule has 7 heteroatoms. The van der Waals surface area contributed by atoms with Gasteiger partial charge in [-0.1, -0.05) is 12.1 Å². The molecule has 1 aliphatic rings. The van der Waals surface area contributed by atoms with Crippen LogP contribution in [0.1, 0.15) is 46.3 Å². The summed E-state index contributed by atoms with van der Waals surface area (Å²) in [7, 11) is 0. The third kappa shape index (κ3) is 4.43. The fourth-order valence-electron chi connectivity index (χ4n) is 2.39. The number of aryl methyl sites for hydroxylation is 1. The van der Waals surface area contributed by atoms with Gasteiger partial charge in [0, 0.05) is 32.1 Å². The number of hydrogen-bond acceptors (Lipinski definition) is 6. The van der Waals surface area contributed by atoms with Crippen molar-refractivity contribution in [3.8, 4) is 0 Å². The first-order valence-electron chi connectivity index (χ1n) is 7.82. The van der Waals surface area contributed by atoms with Crippen LogP contribution in [0, 0.1) is 0 Å². The molecule has 2 rings (SSSR count). The minimum absolute atomic E-state index is 0.221. The van der Waals surface area contributed by atoms with Crippen molar-refractivity contribution >= 4 is 6.09 Å². The Morgan fingerprint density at radius 3 is 2.68 bits per heavy atom. The number of ether oxygens (including phenoxy) is 1. The average Bonchev–Trinajstić information content (AvgIpc) is 2.87. The summed E-state index contributed by atoms with van der Waals surface area (Å²) >= 11 is 0. The molecule has 1 aliphatic heterocycles. The lowest BCUT2D eigenvalue weighted by Gasteiger charge is -2.39. The van der Waals surface area contributed by atoms with E-state index < -0.39 is 5.60 Å². The SMILES string of the molecule is CCc1noc(CN2CCN(C(=O)OC(C)(C)C)C[C@@H]2C)n1. The number of amides is 1. The largest absolute Gasteiger partial charge is 0.444 e. The maximum atomic E-state index is 12.1. The minimum atomic E-state index is -0.461. The summed E-state index contributed by atoms with van der Waals surface area (Å²) in [5, 5.41) is 3.91. The third-order valence-corrected chi connectivity index (χ3v) is 3.58. The second kappa shape index (κ2) is 6.64. The molecular formula is C15H26N4O3. The Bertz CT molecular complexity index is 509. The second-order valence-electron chi connectivity index (χ2n) is 6.70. The molecule has 1 atom stereocenters. The van der Waals surface area contributed by atoms with Gasteiger partial charge in [0.1, 0.15) is 5.60 Å². The molecule has 2 heterocycles. The van der Waals surface area contributed by atoms with Gasteiger partial charge in [-0.2, -0.15) is 4.98 Å². The predicted octanol–water partition coefficient (Wildman–Crippen LogP) is 2.07. The van der Waals surface area contributed by atoms with E-state index in [0.717, 1.165) is 18.8 Å². The Balaban J connectivity index is 1.88. The fourth-order valence-corrected chi connectivity index (χ4v) is 2.39. The molecule has 0 radical (unpaired) electrons. The Morgan fingerprint density at radius 1 is 1.41 bits per heavy atom. The summed E-state index contributed by atoms with van der Waals surface area (Å²) in [6.45, 7) is 12.4. The van der Waals surface area contributed by atoms with E-state index >= 15 is 0 Å². The monoisotopic (exact) mass is 310 g/mol. The molecule has 0 saturated carbocycles. The summed E-state index contributed by atoms with van der Waals surface area (Å²) in [5.74, 6) is 1.37. The molecule has 22 heavy (non-hydrogen) atoms. The summed E-state index contributed by atoms with van der Waals surface area (Å²) in [6.07, 6.45) is 0.524. The van der Waals surface area contributed by atoms with Crippen LogP contribution in [0.5, 0.6) is 0 Å². The number of aromatic nitrogens is 2. The molecule has 1 aromatic heterocycles. The van der Waals surface area contributed by atoms with E-state index in [1.165, 1.54) is 0 Å². The van der Waals surface area contributed by atoms with Crippen molar-refractivity contribution in [3.05, 3.63) is 11.7 Å². The molecule has 0 N–H and O–H groups in total. The van der Waals surface area contributed by atoms with E-state index in [-0.39, 0.29) is 12.1 Å². The van der Waals surface area contributed by atoms with E-state index in [1.54, 1.807) is 4.90 Å². The Morgan fingerprint density at radius 2 is 2.14 bits per heavy atom. The van der Waals surface area contributed by atoms with Crippen molar-refractivity contribution in [1.82, 2.24) is 19.9 Å². The van der Waals surface area contributed by atoms with Crippen LogP contribution in [0.15, 0.2) is 4.52 Å². The van der Waals surface area contributed by atoms with Crippen molar-refractivity contribution in [2.45, 2.75) is 59.2 Å². The van der Waals surface area contributed by atoms with Crippen LogP contribution in [-0.4, -0.2) is 57.3 Å². The van der Waals surface area contributed by atoms with E-state index in [2.05, 4.69) is 22.0 Å². The molecular weight excluding hydrogens is 284 g/mol. The molecule has 124 valence electrons. The molecule has 0 spiro atoms. The minimum Gasteiger partial charge on any atom is -0.444 e. The highest BCUT2D eigenvalue weighted by molar-refractivity contribution is 5.68. The van der Waals surface area contributed by atoms with Gasteiger partial charge < -0.3 is 14.2 Å². The molecule has 0 aliphatic carbocycles. The highest BCUT2D eigenvalue weighted by atomic mass is 16.6. The number of piperazine rings is 1. The number of nitrogens with zero attached hydrogens (tertiary/aromatic N) is 4.